The van der Waals surface area contributed by atoms with Crippen LogP contribution in [0, 0.1) is 17.3 Å². The number of nitrogens with zero attached hydrogens (tertiary/aromatic N) is 2. The number of aliphatic hydroxyl groups is 1. The number of thioether (sulfide) groups is 1. The number of allylic oxidation sites excluding steroid dienone is 1. The molecule has 212 valence electrons. The number of ketones is 1. The Kier molecular flexibility index (Phi) is 6.27. The third kappa shape index (κ3) is 3.81. The van der Waals surface area contributed by atoms with Gasteiger partial charge in [-0.05, 0) is 61.1 Å². The van der Waals surface area contributed by atoms with Crippen LogP contribution in [0.4, 0.5) is 0 Å². The molecule has 2 fully saturated rings. The Morgan fingerprint density at radius 3 is 2.65 bits per heavy atom. The maximum atomic E-state index is 14.6. The Balaban J connectivity index is 1.47. The summed E-state index contributed by atoms with van der Waals surface area (Å²) in [4.78, 5) is 32.6. The van der Waals surface area contributed by atoms with Crippen LogP contribution < -0.4 is 0 Å². The van der Waals surface area contributed by atoms with Crippen molar-refractivity contribution in [2.75, 3.05) is 12.4 Å². The van der Waals surface area contributed by atoms with E-state index in [4.69, 9.17) is 14.2 Å². The molecule has 2 saturated heterocycles. The van der Waals surface area contributed by atoms with E-state index in [9.17, 15) is 14.7 Å². The van der Waals surface area contributed by atoms with E-state index in [-0.39, 0.29) is 29.4 Å². The molecule has 0 saturated carbocycles. The SMILES string of the molecule is CC1=CC23SCC(C)C(C)(C)C(C=C4COC(C)(C)OC4C2(O)C1OC(=O)c1cncn1-c1ccccc1)C3=O. The first-order valence-corrected chi connectivity index (χ1v) is 14.7. The van der Waals surface area contributed by atoms with Gasteiger partial charge in [0.05, 0.1) is 19.1 Å². The summed E-state index contributed by atoms with van der Waals surface area (Å²) in [6, 6.07) is 9.37. The van der Waals surface area contributed by atoms with Crippen LogP contribution >= 0.6 is 11.8 Å². The number of ether oxygens (including phenoxy) is 3. The lowest BCUT2D eigenvalue weighted by Crippen LogP contribution is -2.68. The topological polar surface area (TPSA) is 99.9 Å². The predicted octanol–water partition coefficient (Wildman–Crippen LogP) is 4.51. The fraction of sp³-hybridized carbons (Fsp3) is 0.516. The summed E-state index contributed by atoms with van der Waals surface area (Å²) in [6.07, 6.45) is 4.72. The minimum atomic E-state index is -1.89. The Labute approximate surface area is 238 Å². The van der Waals surface area contributed by atoms with Crippen molar-refractivity contribution in [3.8, 4) is 5.69 Å². The van der Waals surface area contributed by atoms with Crippen LogP contribution in [0.2, 0.25) is 0 Å². The van der Waals surface area contributed by atoms with Crippen molar-refractivity contribution in [3.63, 3.8) is 0 Å². The number of benzene rings is 1. The highest BCUT2D eigenvalue weighted by atomic mass is 32.2. The molecule has 2 bridgehead atoms. The third-order valence-corrected chi connectivity index (χ3v) is 11.1. The maximum Gasteiger partial charge on any atom is 0.357 e. The number of hydrogen-bond acceptors (Lipinski definition) is 8. The standard InChI is InChI=1S/C31H36N2O6S/c1-18-13-30-24(34)22(28(3,4)19(2)16-40-30)12-20-15-37-29(5,6)39-26(20)31(30,36)25(18)38-27(35)23-14-32-17-33(23)21-10-8-7-9-11-21/h7-14,17,19,22,25-26,36H,15-16H2,1-6H3. The molecule has 0 radical (unpaired) electrons. The van der Waals surface area contributed by atoms with Crippen LogP contribution in [-0.4, -0.2) is 67.1 Å². The number of hydrogen-bond donors (Lipinski definition) is 1. The molecule has 6 unspecified atom stereocenters. The first-order chi connectivity index (χ1) is 18.8. The molecule has 2 aliphatic carbocycles. The van der Waals surface area contributed by atoms with Crippen LogP contribution in [0.5, 0.6) is 0 Å². The summed E-state index contributed by atoms with van der Waals surface area (Å²) in [5.41, 5.74) is 0.0128. The second-order valence-electron chi connectivity index (χ2n) is 12.5. The smallest absolute Gasteiger partial charge is 0.357 e. The number of Topliss-reactive ketones (excluding diaryl/α,β-unsaturated/α-hetero) is 1. The molecule has 40 heavy (non-hydrogen) atoms. The zero-order valence-corrected chi connectivity index (χ0v) is 24.5. The van der Waals surface area contributed by atoms with Crippen molar-refractivity contribution < 1.29 is 28.9 Å². The van der Waals surface area contributed by atoms with Crippen molar-refractivity contribution in [2.24, 2.45) is 17.3 Å². The third-order valence-electron chi connectivity index (χ3n) is 9.33. The van der Waals surface area contributed by atoms with E-state index in [2.05, 4.69) is 25.8 Å². The molecule has 6 atom stereocenters. The lowest BCUT2D eigenvalue weighted by molar-refractivity contribution is -0.290. The molecule has 1 aromatic heterocycles. The molecule has 2 aliphatic heterocycles. The van der Waals surface area contributed by atoms with E-state index in [1.54, 1.807) is 24.7 Å². The molecule has 9 heteroatoms. The van der Waals surface area contributed by atoms with Gasteiger partial charge in [0.25, 0.3) is 0 Å². The summed E-state index contributed by atoms with van der Waals surface area (Å²) < 4.78 is 18.9. The molecule has 2 aromatic rings. The van der Waals surface area contributed by atoms with E-state index in [0.29, 0.717) is 16.9 Å². The lowest BCUT2D eigenvalue weighted by atomic mass is 9.66. The Morgan fingerprint density at radius 1 is 1.20 bits per heavy atom. The average molecular weight is 565 g/mol. The number of para-hydroxylation sites is 1. The molecular formula is C31H36N2O6S. The molecule has 1 aromatic carbocycles. The first-order valence-electron chi connectivity index (χ1n) is 13.7. The monoisotopic (exact) mass is 564 g/mol. The highest BCUT2D eigenvalue weighted by Gasteiger charge is 2.73. The summed E-state index contributed by atoms with van der Waals surface area (Å²) in [5, 5.41) is 13.0. The van der Waals surface area contributed by atoms with Crippen LogP contribution in [0.1, 0.15) is 52.0 Å². The number of aromatic nitrogens is 2. The van der Waals surface area contributed by atoms with Crippen LogP contribution in [0.15, 0.2) is 66.2 Å². The minimum Gasteiger partial charge on any atom is -0.450 e. The number of fused-ring (bicyclic) bond motifs is 3. The summed E-state index contributed by atoms with van der Waals surface area (Å²) in [7, 11) is 0. The molecular weight excluding hydrogens is 528 g/mol. The molecule has 6 rings (SSSR count). The van der Waals surface area contributed by atoms with Crippen LogP contribution in [0.3, 0.4) is 0 Å². The van der Waals surface area contributed by atoms with Crippen LogP contribution in [0.25, 0.3) is 5.69 Å². The number of carbonyl (C=O) groups is 2. The van der Waals surface area contributed by atoms with Gasteiger partial charge in [-0.25, -0.2) is 9.78 Å². The van der Waals surface area contributed by atoms with E-state index in [0.717, 1.165) is 5.69 Å². The molecule has 1 spiro atoms. The largest absolute Gasteiger partial charge is 0.450 e. The Morgan fingerprint density at radius 2 is 1.93 bits per heavy atom. The van der Waals surface area contributed by atoms with Crippen molar-refractivity contribution in [1.82, 2.24) is 9.55 Å². The minimum absolute atomic E-state index is 0.0927. The fourth-order valence-corrected chi connectivity index (χ4v) is 8.49. The molecule has 4 aliphatic rings. The average Bonchev–Trinajstić information content (AvgIpc) is 3.45. The number of imidazole rings is 1. The zero-order valence-electron chi connectivity index (χ0n) is 23.7. The summed E-state index contributed by atoms with van der Waals surface area (Å²) in [6.45, 7) is 12.0. The van der Waals surface area contributed by atoms with E-state index >= 15 is 0 Å². The zero-order chi connectivity index (χ0) is 28.7. The normalized spacial score (nSPS) is 35.9. The quantitative estimate of drug-likeness (QED) is 0.429. The summed E-state index contributed by atoms with van der Waals surface area (Å²) in [5.74, 6) is -1.40. The van der Waals surface area contributed by atoms with Gasteiger partial charge < -0.3 is 19.3 Å². The Bertz CT molecular complexity index is 1430. The molecule has 3 heterocycles. The van der Waals surface area contributed by atoms with Crippen molar-refractivity contribution in [1.29, 1.82) is 0 Å². The number of esters is 1. The van der Waals surface area contributed by atoms with E-state index in [1.165, 1.54) is 18.0 Å². The molecule has 1 N–H and O–H groups in total. The van der Waals surface area contributed by atoms with Gasteiger partial charge in [-0.2, -0.15) is 0 Å². The highest BCUT2D eigenvalue weighted by molar-refractivity contribution is 8.01. The van der Waals surface area contributed by atoms with Crippen molar-refractivity contribution >= 4 is 23.5 Å². The van der Waals surface area contributed by atoms with Crippen LogP contribution in [-0.2, 0) is 19.0 Å². The van der Waals surface area contributed by atoms with E-state index < -0.39 is 40.2 Å². The van der Waals surface area contributed by atoms with Gasteiger partial charge in [0, 0.05) is 11.6 Å². The van der Waals surface area contributed by atoms with Gasteiger partial charge in [-0.3, -0.25) is 9.36 Å². The van der Waals surface area contributed by atoms with Gasteiger partial charge in [-0.15, -0.1) is 11.8 Å². The van der Waals surface area contributed by atoms with Gasteiger partial charge >= 0.3 is 5.97 Å². The Hall–Kier alpha value is -2.72. The predicted molar refractivity (Wildman–Crippen MR) is 151 cm³/mol. The maximum absolute atomic E-state index is 14.6. The summed E-state index contributed by atoms with van der Waals surface area (Å²) >= 11 is 1.44. The lowest BCUT2D eigenvalue weighted by Gasteiger charge is -2.50. The second-order valence-corrected chi connectivity index (χ2v) is 13.8. The number of rotatable bonds is 3. The second kappa shape index (κ2) is 9.14. The van der Waals surface area contributed by atoms with Gasteiger partial charge in [0.1, 0.15) is 10.9 Å². The van der Waals surface area contributed by atoms with E-state index in [1.807, 2.05) is 49.4 Å². The van der Waals surface area contributed by atoms with Crippen molar-refractivity contribution in [3.05, 3.63) is 71.8 Å². The van der Waals surface area contributed by atoms with Gasteiger partial charge in [0.15, 0.2) is 29.0 Å². The highest BCUT2D eigenvalue weighted by Crippen LogP contribution is 2.61. The number of carbonyl (C=O) groups excluding carboxylic acids is 2. The van der Waals surface area contributed by atoms with Gasteiger partial charge in [0.2, 0.25) is 0 Å². The molecule has 0 amide bonds. The van der Waals surface area contributed by atoms with Crippen molar-refractivity contribution in [2.45, 2.75) is 69.9 Å². The first kappa shape index (κ1) is 27.4. The van der Waals surface area contributed by atoms with Gasteiger partial charge in [-0.1, -0.05) is 51.1 Å². The fourth-order valence-electron chi connectivity index (χ4n) is 6.56. The molecule has 8 nitrogen and oxygen atoms in total.